The van der Waals surface area contributed by atoms with Crippen molar-refractivity contribution in [2.24, 2.45) is 0 Å². The Bertz CT molecular complexity index is 695. The number of fused-ring (bicyclic) bond motifs is 5. The van der Waals surface area contributed by atoms with Gasteiger partial charge in [-0.3, -0.25) is 4.79 Å². The molecule has 0 aromatic heterocycles. The molecule has 2 aliphatic rings. The molecule has 0 radical (unpaired) electrons. The second-order valence-electron chi connectivity index (χ2n) is 5.47. The van der Waals surface area contributed by atoms with E-state index >= 15 is 0 Å². The number of para-hydroxylation sites is 1. The fourth-order valence-electron chi connectivity index (χ4n) is 3.38. The molecule has 0 aliphatic carbocycles. The Morgan fingerprint density at radius 2 is 1.65 bits per heavy atom. The predicted octanol–water partition coefficient (Wildman–Crippen LogP) is 2.68. The van der Waals surface area contributed by atoms with E-state index in [0.717, 1.165) is 24.2 Å². The molecule has 0 fully saturated rings. The van der Waals surface area contributed by atoms with Crippen LogP contribution in [0.3, 0.4) is 0 Å². The van der Waals surface area contributed by atoms with Crippen LogP contribution in [0.5, 0.6) is 0 Å². The summed E-state index contributed by atoms with van der Waals surface area (Å²) in [6.45, 7) is 1.64. The minimum atomic E-state index is 0.0693. The van der Waals surface area contributed by atoms with Crippen molar-refractivity contribution in [1.82, 2.24) is 4.90 Å². The predicted molar refractivity (Wildman–Crippen MR) is 79.0 cm³/mol. The molecular weight excluding hydrogens is 248 g/mol. The molecule has 1 atom stereocenters. The standard InChI is InChI=1S/C17H16N2O/c1-18-10-11-19-16(14-8-4-5-9-15(14)18)12-6-2-3-7-13(12)17(19)20/h2-9,16H,10-11H2,1H3. The molecule has 100 valence electrons. The number of nitrogens with zero attached hydrogens (tertiary/aromatic N) is 2. The summed E-state index contributed by atoms with van der Waals surface area (Å²) >= 11 is 0. The lowest BCUT2D eigenvalue weighted by atomic mass is 9.96. The van der Waals surface area contributed by atoms with Crippen LogP contribution in [0.15, 0.2) is 48.5 Å². The number of hydrogen-bond acceptors (Lipinski definition) is 2. The molecule has 0 saturated carbocycles. The molecule has 0 bridgehead atoms. The molecule has 3 nitrogen and oxygen atoms in total. The Morgan fingerprint density at radius 3 is 2.50 bits per heavy atom. The van der Waals surface area contributed by atoms with Crippen LogP contribution >= 0.6 is 0 Å². The molecule has 2 aliphatic heterocycles. The van der Waals surface area contributed by atoms with Gasteiger partial charge in [0, 0.05) is 37.0 Å². The van der Waals surface area contributed by atoms with Gasteiger partial charge in [0.15, 0.2) is 0 Å². The van der Waals surface area contributed by atoms with Crippen molar-refractivity contribution in [1.29, 1.82) is 0 Å². The van der Waals surface area contributed by atoms with Gasteiger partial charge >= 0.3 is 0 Å². The number of rotatable bonds is 0. The lowest BCUT2D eigenvalue weighted by molar-refractivity contribution is 0.0759. The minimum Gasteiger partial charge on any atom is -0.373 e. The van der Waals surface area contributed by atoms with Crippen molar-refractivity contribution in [3.8, 4) is 0 Å². The van der Waals surface area contributed by atoms with Gasteiger partial charge in [-0.25, -0.2) is 0 Å². The Kier molecular flexibility index (Phi) is 2.36. The number of carbonyl (C=O) groups excluding carboxylic acids is 1. The first-order chi connectivity index (χ1) is 9.77. The summed E-state index contributed by atoms with van der Waals surface area (Å²) in [6.07, 6.45) is 0. The van der Waals surface area contributed by atoms with E-state index in [1.54, 1.807) is 0 Å². The zero-order valence-electron chi connectivity index (χ0n) is 11.4. The van der Waals surface area contributed by atoms with Crippen molar-refractivity contribution < 1.29 is 4.79 Å². The summed E-state index contributed by atoms with van der Waals surface area (Å²) < 4.78 is 0. The zero-order valence-corrected chi connectivity index (χ0v) is 11.4. The van der Waals surface area contributed by atoms with Crippen LogP contribution in [0.25, 0.3) is 0 Å². The topological polar surface area (TPSA) is 23.6 Å². The monoisotopic (exact) mass is 264 g/mol. The second-order valence-corrected chi connectivity index (χ2v) is 5.47. The van der Waals surface area contributed by atoms with Gasteiger partial charge in [0.25, 0.3) is 5.91 Å². The average Bonchev–Trinajstić information content (AvgIpc) is 2.68. The number of carbonyl (C=O) groups is 1. The molecule has 0 spiro atoms. The largest absolute Gasteiger partial charge is 0.373 e. The molecule has 1 unspecified atom stereocenters. The first kappa shape index (κ1) is 11.5. The van der Waals surface area contributed by atoms with Crippen LogP contribution in [0, 0.1) is 0 Å². The lowest BCUT2D eigenvalue weighted by Crippen LogP contribution is -2.32. The molecule has 3 heteroatoms. The third kappa shape index (κ3) is 1.43. The smallest absolute Gasteiger partial charge is 0.255 e. The first-order valence-corrected chi connectivity index (χ1v) is 6.97. The highest BCUT2D eigenvalue weighted by atomic mass is 16.2. The average molecular weight is 264 g/mol. The van der Waals surface area contributed by atoms with E-state index in [1.807, 2.05) is 23.1 Å². The molecule has 2 aromatic rings. The number of likely N-dealkylation sites (N-methyl/N-ethyl adjacent to an activating group) is 1. The third-order valence-corrected chi connectivity index (χ3v) is 4.38. The fourth-order valence-corrected chi connectivity index (χ4v) is 3.38. The Hall–Kier alpha value is -2.29. The van der Waals surface area contributed by atoms with E-state index < -0.39 is 0 Å². The van der Waals surface area contributed by atoms with E-state index in [9.17, 15) is 4.79 Å². The van der Waals surface area contributed by atoms with Crippen molar-refractivity contribution >= 4 is 11.6 Å². The van der Waals surface area contributed by atoms with Crippen LogP contribution in [-0.4, -0.2) is 30.9 Å². The summed E-state index contributed by atoms with van der Waals surface area (Å²) in [5.74, 6) is 0.163. The van der Waals surface area contributed by atoms with Crippen LogP contribution in [0.4, 0.5) is 5.69 Å². The molecular formula is C17H16N2O. The SMILES string of the molecule is CN1CCN2C(=O)c3ccccc3C2c2ccccc21. The van der Waals surface area contributed by atoms with Gasteiger partial charge in [0.1, 0.15) is 0 Å². The van der Waals surface area contributed by atoms with Crippen molar-refractivity contribution in [2.75, 3.05) is 25.0 Å². The molecule has 2 aromatic carbocycles. The van der Waals surface area contributed by atoms with Gasteiger partial charge < -0.3 is 9.80 Å². The maximum absolute atomic E-state index is 12.6. The Morgan fingerprint density at radius 1 is 0.950 bits per heavy atom. The molecule has 1 amide bonds. The third-order valence-electron chi connectivity index (χ3n) is 4.38. The maximum Gasteiger partial charge on any atom is 0.255 e. The van der Waals surface area contributed by atoms with Crippen LogP contribution in [-0.2, 0) is 0 Å². The lowest BCUT2D eigenvalue weighted by Gasteiger charge is -2.23. The zero-order chi connectivity index (χ0) is 13.7. The summed E-state index contributed by atoms with van der Waals surface area (Å²) in [5, 5.41) is 0. The highest BCUT2D eigenvalue weighted by Crippen LogP contribution is 2.43. The van der Waals surface area contributed by atoms with E-state index in [1.165, 1.54) is 11.3 Å². The van der Waals surface area contributed by atoms with E-state index in [0.29, 0.717) is 0 Å². The first-order valence-electron chi connectivity index (χ1n) is 6.97. The van der Waals surface area contributed by atoms with Crippen molar-refractivity contribution in [3.63, 3.8) is 0 Å². The van der Waals surface area contributed by atoms with E-state index in [4.69, 9.17) is 0 Å². The minimum absolute atomic E-state index is 0.0693. The summed E-state index contributed by atoms with van der Waals surface area (Å²) in [6, 6.07) is 16.5. The van der Waals surface area contributed by atoms with Gasteiger partial charge in [-0.2, -0.15) is 0 Å². The quantitative estimate of drug-likeness (QED) is 0.730. The summed E-state index contributed by atoms with van der Waals surface area (Å²) in [5.41, 5.74) is 4.45. The maximum atomic E-state index is 12.6. The van der Waals surface area contributed by atoms with Gasteiger partial charge in [-0.15, -0.1) is 0 Å². The van der Waals surface area contributed by atoms with Gasteiger partial charge in [0.05, 0.1) is 6.04 Å². The van der Waals surface area contributed by atoms with Gasteiger partial charge in [0.2, 0.25) is 0 Å². The second kappa shape index (κ2) is 4.10. The number of hydrogen-bond donors (Lipinski definition) is 0. The highest BCUT2D eigenvalue weighted by Gasteiger charge is 2.39. The van der Waals surface area contributed by atoms with E-state index in [-0.39, 0.29) is 11.9 Å². The molecule has 0 saturated heterocycles. The highest BCUT2D eigenvalue weighted by molar-refractivity contribution is 6.00. The molecule has 2 heterocycles. The molecule has 20 heavy (non-hydrogen) atoms. The summed E-state index contributed by atoms with van der Waals surface area (Å²) in [7, 11) is 2.09. The van der Waals surface area contributed by atoms with Crippen LogP contribution in [0.2, 0.25) is 0 Å². The van der Waals surface area contributed by atoms with Gasteiger partial charge in [-0.1, -0.05) is 36.4 Å². The Balaban J connectivity index is 1.97. The number of benzene rings is 2. The van der Waals surface area contributed by atoms with E-state index in [2.05, 4.69) is 42.3 Å². The number of amides is 1. The van der Waals surface area contributed by atoms with Crippen molar-refractivity contribution in [3.05, 3.63) is 65.2 Å². The fraction of sp³-hybridized carbons (Fsp3) is 0.235. The van der Waals surface area contributed by atoms with Crippen molar-refractivity contribution in [2.45, 2.75) is 6.04 Å². The number of anilines is 1. The van der Waals surface area contributed by atoms with Gasteiger partial charge in [-0.05, 0) is 17.7 Å². The van der Waals surface area contributed by atoms with Crippen LogP contribution < -0.4 is 4.90 Å². The van der Waals surface area contributed by atoms with Crippen LogP contribution in [0.1, 0.15) is 27.5 Å². The normalized spacial score (nSPS) is 20.2. The molecule has 4 rings (SSSR count). The Labute approximate surface area is 118 Å². The summed E-state index contributed by atoms with van der Waals surface area (Å²) in [4.78, 5) is 16.9. The molecule has 0 N–H and O–H groups in total.